The summed E-state index contributed by atoms with van der Waals surface area (Å²) in [5, 5.41) is 0. The number of thiophene rings is 1. The molecule has 290 valence electrons. The summed E-state index contributed by atoms with van der Waals surface area (Å²) < 4.78 is 0. The largest absolute Gasteiger partial charge is 0.311 e. The van der Waals surface area contributed by atoms with E-state index < -0.39 is 0 Å². The topological polar surface area (TPSA) is 6.48 Å². The molecule has 0 N–H and O–H groups in total. The van der Waals surface area contributed by atoms with Crippen LogP contribution in [-0.4, -0.2) is 0 Å². The first-order valence-electron chi connectivity index (χ1n) is 20.7. The van der Waals surface area contributed by atoms with Gasteiger partial charge in [0.15, 0.2) is 0 Å². The number of rotatable bonds is 11. The van der Waals surface area contributed by atoms with Crippen LogP contribution in [0.2, 0.25) is 0 Å². The first kappa shape index (κ1) is 37.5. The third-order valence-corrected chi connectivity index (χ3v) is 12.3. The molecule has 0 unspecified atom stereocenters. The van der Waals surface area contributed by atoms with Crippen molar-refractivity contribution in [2.24, 2.45) is 0 Å². The Kier molecular flexibility index (Phi) is 10.6. The van der Waals surface area contributed by atoms with E-state index in [0.29, 0.717) is 0 Å². The molecule has 0 aliphatic carbocycles. The van der Waals surface area contributed by atoms with E-state index in [4.69, 9.17) is 0 Å². The zero-order valence-corrected chi connectivity index (χ0v) is 34.4. The van der Waals surface area contributed by atoms with Crippen molar-refractivity contribution in [3.63, 3.8) is 0 Å². The van der Waals surface area contributed by atoms with Gasteiger partial charge in [0.05, 0.1) is 0 Å². The number of nitrogens with zero attached hydrogens (tertiary/aromatic N) is 2. The number of anilines is 6. The normalized spacial score (nSPS) is 11.0. The molecule has 0 amide bonds. The molecule has 1 heterocycles. The van der Waals surface area contributed by atoms with Crippen LogP contribution in [0.15, 0.2) is 255 Å². The zero-order chi connectivity index (χ0) is 40.8. The SMILES string of the molecule is c1ccc(-c2ccc(N(c3ccc(-c4ccccc4)cc3)c3ccc(-c4ccc(N(c5ccccc5)c5ccc(-c6ccc(-c7ccccc7)s6)cc5)cc4)cc3)cc2)cc1. The van der Waals surface area contributed by atoms with E-state index in [1.165, 1.54) is 43.1 Å². The number of benzene rings is 9. The van der Waals surface area contributed by atoms with E-state index in [9.17, 15) is 0 Å². The highest BCUT2D eigenvalue weighted by Gasteiger charge is 2.16. The lowest BCUT2D eigenvalue weighted by molar-refractivity contribution is 1.28. The van der Waals surface area contributed by atoms with Crippen molar-refractivity contribution in [1.82, 2.24) is 0 Å². The van der Waals surface area contributed by atoms with E-state index in [2.05, 4.69) is 265 Å². The van der Waals surface area contributed by atoms with E-state index in [1.54, 1.807) is 0 Å². The van der Waals surface area contributed by atoms with E-state index >= 15 is 0 Å². The minimum atomic E-state index is 1.10. The number of para-hydroxylation sites is 1. The van der Waals surface area contributed by atoms with Crippen LogP contribution < -0.4 is 9.80 Å². The Morgan fingerprint density at radius 2 is 0.393 bits per heavy atom. The van der Waals surface area contributed by atoms with Crippen LogP contribution in [0.5, 0.6) is 0 Å². The first-order chi connectivity index (χ1) is 30.2. The summed E-state index contributed by atoms with van der Waals surface area (Å²) in [4.78, 5) is 7.20. The van der Waals surface area contributed by atoms with Crippen molar-refractivity contribution in [1.29, 1.82) is 0 Å². The molecule has 0 aliphatic heterocycles. The fourth-order valence-electron chi connectivity index (χ4n) is 7.97. The van der Waals surface area contributed by atoms with Crippen LogP contribution in [-0.2, 0) is 0 Å². The summed E-state index contributed by atoms with van der Waals surface area (Å²) in [6, 6.07) is 91.2. The second-order valence-electron chi connectivity index (χ2n) is 15.0. The molecule has 2 nitrogen and oxygen atoms in total. The Morgan fingerprint density at radius 1 is 0.180 bits per heavy atom. The van der Waals surface area contributed by atoms with Gasteiger partial charge >= 0.3 is 0 Å². The van der Waals surface area contributed by atoms with Gasteiger partial charge in [0, 0.05) is 43.9 Å². The Bertz CT molecular complexity index is 2860. The van der Waals surface area contributed by atoms with Gasteiger partial charge in [-0.05, 0) is 129 Å². The van der Waals surface area contributed by atoms with Gasteiger partial charge in [-0.15, -0.1) is 11.3 Å². The third-order valence-electron chi connectivity index (χ3n) is 11.1. The Morgan fingerprint density at radius 3 is 0.705 bits per heavy atom. The van der Waals surface area contributed by atoms with Gasteiger partial charge < -0.3 is 9.80 Å². The highest BCUT2D eigenvalue weighted by atomic mass is 32.1. The molecule has 0 saturated heterocycles. The van der Waals surface area contributed by atoms with Crippen LogP contribution >= 0.6 is 11.3 Å². The third kappa shape index (κ3) is 8.16. The smallest absolute Gasteiger partial charge is 0.0462 e. The molecule has 0 bridgehead atoms. The minimum Gasteiger partial charge on any atom is -0.311 e. The van der Waals surface area contributed by atoms with Crippen molar-refractivity contribution in [3.8, 4) is 54.3 Å². The van der Waals surface area contributed by atoms with Crippen LogP contribution in [0.3, 0.4) is 0 Å². The monoisotopic (exact) mass is 798 g/mol. The quantitative estimate of drug-likeness (QED) is 0.129. The van der Waals surface area contributed by atoms with Crippen LogP contribution in [0.1, 0.15) is 0 Å². The number of hydrogen-bond donors (Lipinski definition) is 0. The fraction of sp³-hybridized carbons (Fsp3) is 0. The molecule has 1 aromatic heterocycles. The average Bonchev–Trinajstić information content (AvgIpc) is 3.85. The van der Waals surface area contributed by atoms with Gasteiger partial charge in [0.2, 0.25) is 0 Å². The first-order valence-corrected chi connectivity index (χ1v) is 21.5. The summed E-state index contributed by atoms with van der Waals surface area (Å²) in [5.74, 6) is 0. The molecule has 61 heavy (non-hydrogen) atoms. The van der Waals surface area contributed by atoms with Gasteiger partial charge in [-0.3, -0.25) is 0 Å². The van der Waals surface area contributed by atoms with Gasteiger partial charge in [-0.1, -0.05) is 170 Å². The van der Waals surface area contributed by atoms with Gasteiger partial charge in [-0.2, -0.15) is 0 Å². The highest BCUT2D eigenvalue weighted by molar-refractivity contribution is 7.18. The molecule has 0 fully saturated rings. The zero-order valence-electron chi connectivity index (χ0n) is 33.6. The molecule has 10 aromatic rings. The molecule has 0 atom stereocenters. The van der Waals surface area contributed by atoms with Gasteiger partial charge in [0.1, 0.15) is 0 Å². The van der Waals surface area contributed by atoms with E-state index in [0.717, 1.165) is 45.3 Å². The average molecular weight is 799 g/mol. The maximum absolute atomic E-state index is 2.33. The molecule has 0 saturated carbocycles. The van der Waals surface area contributed by atoms with Crippen LogP contribution in [0.25, 0.3) is 54.3 Å². The lowest BCUT2D eigenvalue weighted by Crippen LogP contribution is -2.10. The maximum atomic E-state index is 2.33. The number of hydrogen-bond acceptors (Lipinski definition) is 3. The second-order valence-corrected chi connectivity index (χ2v) is 16.1. The Labute approximate surface area is 362 Å². The molecule has 10 rings (SSSR count). The fourth-order valence-corrected chi connectivity index (χ4v) is 8.99. The predicted molar refractivity (Wildman–Crippen MR) is 261 cm³/mol. The standard InChI is InChI=1S/C58H42N2S/c1-5-13-43(14-6-1)45-21-31-53(32-22-45)60(54-33-23-46(24-34-54)44-15-7-2-8-16-44)55-37-27-48(28-38-55)47-25-35-52(36-26-47)59(51-19-11-4-12-20-51)56-39-29-50(30-40-56)58-42-41-57(61-58)49-17-9-3-10-18-49/h1-42H. The molecule has 0 aliphatic rings. The van der Waals surface area contributed by atoms with E-state index in [1.807, 2.05) is 11.3 Å². The van der Waals surface area contributed by atoms with Crippen LogP contribution in [0.4, 0.5) is 34.1 Å². The van der Waals surface area contributed by atoms with Gasteiger partial charge in [0.25, 0.3) is 0 Å². The van der Waals surface area contributed by atoms with Crippen molar-refractivity contribution in [3.05, 3.63) is 255 Å². The molecular formula is C58H42N2S. The lowest BCUT2D eigenvalue weighted by atomic mass is 10.0. The molecule has 0 radical (unpaired) electrons. The molecule has 9 aromatic carbocycles. The summed E-state index contributed by atoms with van der Waals surface area (Å²) >= 11 is 1.83. The maximum Gasteiger partial charge on any atom is 0.0462 e. The summed E-state index contributed by atoms with van der Waals surface area (Å²) in [6.45, 7) is 0. The molecular weight excluding hydrogens is 757 g/mol. The summed E-state index contributed by atoms with van der Waals surface area (Å²) in [6.07, 6.45) is 0. The molecule has 0 spiro atoms. The van der Waals surface area contributed by atoms with Crippen molar-refractivity contribution < 1.29 is 0 Å². The lowest BCUT2D eigenvalue weighted by Gasteiger charge is -2.26. The highest BCUT2D eigenvalue weighted by Crippen LogP contribution is 2.41. The second kappa shape index (κ2) is 17.2. The summed E-state index contributed by atoms with van der Waals surface area (Å²) in [7, 11) is 0. The van der Waals surface area contributed by atoms with Crippen molar-refractivity contribution >= 4 is 45.5 Å². The Hall–Kier alpha value is -7.72. The molecule has 3 heteroatoms. The predicted octanol–water partition coefficient (Wildman–Crippen LogP) is 17.0. The van der Waals surface area contributed by atoms with Crippen LogP contribution in [0, 0.1) is 0 Å². The minimum absolute atomic E-state index is 1.10. The van der Waals surface area contributed by atoms with Crippen molar-refractivity contribution in [2.75, 3.05) is 9.80 Å². The van der Waals surface area contributed by atoms with Crippen molar-refractivity contribution in [2.45, 2.75) is 0 Å². The van der Waals surface area contributed by atoms with E-state index in [-0.39, 0.29) is 0 Å². The summed E-state index contributed by atoms with van der Waals surface area (Å²) in [5.41, 5.74) is 16.2. The van der Waals surface area contributed by atoms with Gasteiger partial charge in [-0.25, -0.2) is 0 Å². The Balaban J connectivity index is 0.929.